The second-order valence-electron chi connectivity index (χ2n) is 5.77. The van der Waals surface area contributed by atoms with Crippen LogP contribution in [0, 0.1) is 6.92 Å². The molecule has 7 heteroatoms. The number of likely N-dealkylation sites (N-methyl/N-ethyl adjacent to an activating group) is 1. The topological polar surface area (TPSA) is 60.5 Å². The standard InChI is InChI=1S/C15H27N5OS/c1-4-19-5-7-20(8-6-19)13(3)9-16-15(21)17-10-14-18-12(2)11-22-14/h11,13H,4-10H2,1-3H3,(H2,16,17,21)/t13-/m0/s1. The third-order valence-corrected chi connectivity index (χ3v) is 5.07. The van der Waals surface area contributed by atoms with E-state index >= 15 is 0 Å². The minimum absolute atomic E-state index is 0.119. The molecule has 0 radical (unpaired) electrons. The molecule has 22 heavy (non-hydrogen) atoms. The molecule has 2 N–H and O–H groups in total. The first-order chi connectivity index (χ1) is 10.6. The van der Waals surface area contributed by atoms with Gasteiger partial charge < -0.3 is 15.5 Å². The van der Waals surface area contributed by atoms with Crippen LogP contribution in [-0.4, -0.2) is 66.1 Å². The Morgan fingerprint density at radius 3 is 2.68 bits per heavy atom. The van der Waals surface area contributed by atoms with Crippen molar-refractivity contribution in [3.63, 3.8) is 0 Å². The van der Waals surface area contributed by atoms with Crippen molar-refractivity contribution in [2.24, 2.45) is 0 Å². The molecular weight excluding hydrogens is 298 g/mol. The van der Waals surface area contributed by atoms with Gasteiger partial charge in [-0.3, -0.25) is 4.90 Å². The number of rotatable bonds is 6. The fourth-order valence-corrected chi connectivity index (χ4v) is 3.30. The number of urea groups is 1. The summed E-state index contributed by atoms with van der Waals surface area (Å²) >= 11 is 1.57. The van der Waals surface area contributed by atoms with Crippen molar-refractivity contribution < 1.29 is 4.79 Å². The first-order valence-corrected chi connectivity index (χ1v) is 8.85. The third-order valence-electron chi connectivity index (χ3n) is 4.10. The molecule has 0 aliphatic carbocycles. The van der Waals surface area contributed by atoms with Crippen LogP contribution in [0.1, 0.15) is 24.5 Å². The Labute approximate surface area is 136 Å². The van der Waals surface area contributed by atoms with Gasteiger partial charge in [-0.25, -0.2) is 9.78 Å². The van der Waals surface area contributed by atoms with Gasteiger partial charge >= 0.3 is 6.03 Å². The second-order valence-corrected chi connectivity index (χ2v) is 6.71. The molecule has 1 aliphatic heterocycles. The third kappa shape index (κ3) is 5.23. The minimum atomic E-state index is -0.119. The molecule has 0 spiro atoms. The van der Waals surface area contributed by atoms with Crippen LogP contribution in [0.4, 0.5) is 4.79 Å². The van der Waals surface area contributed by atoms with Gasteiger partial charge in [0.15, 0.2) is 0 Å². The van der Waals surface area contributed by atoms with Crippen LogP contribution in [0.5, 0.6) is 0 Å². The first kappa shape index (κ1) is 17.2. The van der Waals surface area contributed by atoms with Crippen LogP contribution in [-0.2, 0) is 6.54 Å². The maximum atomic E-state index is 11.8. The van der Waals surface area contributed by atoms with Crippen molar-refractivity contribution in [2.45, 2.75) is 33.4 Å². The Morgan fingerprint density at radius 1 is 1.36 bits per heavy atom. The van der Waals surface area contributed by atoms with Gasteiger partial charge in [-0.2, -0.15) is 0 Å². The molecule has 1 aromatic rings. The average molecular weight is 325 g/mol. The number of thiazole rings is 1. The van der Waals surface area contributed by atoms with Crippen molar-refractivity contribution in [3.8, 4) is 0 Å². The maximum absolute atomic E-state index is 11.8. The van der Waals surface area contributed by atoms with Crippen LogP contribution < -0.4 is 10.6 Å². The summed E-state index contributed by atoms with van der Waals surface area (Å²) in [7, 11) is 0. The van der Waals surface area contributed by atoms with Crippen molar-refractivity contribution >= 4 is 17.4 Å². The summed E-state index contributed by atoms with van der Waals surface area (Å²) in [6.07, 6.45) is 0. The molecule has 1 atom stereocenters. The Hall–Kier alpha value is -1.18. The molecule has 1 saturated heterocycles. The highest BCUT2D eigenvalue weighted by Gasteiger charge is 2.20. The summed E-state index contributed by atoms with van der Waals surface area (Å²) in [4.78, 5) is 21.1. The lowest BCUT2D eigenvalue weighted by Crippen LogP contribution is -2.52. The number of amides is 2. The van der Waals surface area contributed by atoms with Gasteiger partial charge in [0.25, 0.3) is 0 Å². The van der Waals surface area contributed by atoms with E-state index in [2.05, 4.69) is 39.3 Å². The Kier molecular flexibility index (Phi) is 6.60. The summed E-state index contributed by atoms with van der Waals surface area (Å²) in [5.74, 6) is 0. The van der Waals surface area contributed by atoms with Crippen molar-refractivity contribution in [2.75, 3.05) is 39.3 Å². The fraction of sp³-hybridized carbons (Fsp3) is 0.733. The highest BCUT2D eigenvalue weighted by Crippen LogP contribution is 2.08. The Bertz CT molecular complexity index is 470. The minimum Gasteiger partial charge on any atom is -0.337 e. The lowest BCUT2D eigenvalue weighted by atomic mass is 10.2. The van der Waals surface area contributed by atoms with E-state index in [0.29, 0.717) is 19.1 Å². The predicted molar refractivity (Wildman–Crippen MR) is 90.2 cm³/mol. The van der Waals surface area contributed by atoms with Gasteiger partial charge in [-0.1, -0.05) is 6.92 Å². The molecule has 2 rings (SSSR count). The van der Waals surface area contributed by atoms with Gasteiger partial charge in [0.05, 0.1) is 6.54 Å². The quantitative estimate of drug-likeness (QED) is 0.827. The molecule has 0 bridgehead atoms. The highest BCUT2D eigenvalue weighted by atomic mass is 32.1. The van der Waals surface area contributed by atoms with Crippen LogP contribution in [0.3, 0.4) is 0 Å². The monoisotopic (exact) mass is 325 g/mol. The molecule has 2 heterocycles. The van der Waals surface area contributed by atoms with E-state index < -0.39 is 0 Å². The average Bonchev–Trinajstić information content (AvgIpc) is 2.96. The predicted octanol–water partition coefficient (Wildman–Crippen LogP) is 1.28. The summed E-state index contributed by atoms with van der Waals surface area (Å²) in [5, 5.41) is 8.75. The molecule has 1 fully saturated rings. The van der Waals surface area contributed by atoms with Gasteiger partial charge in [-0.05, 0) is 20.4 Å². The first-order valence-electron chi connectivity index (χ1n) is 7.97. The highest BCUT2D eigenvalue weighted by molar-refractivity contribution is 7.09. The van der Waals surface area contributed by atoms with Gasteiger partial charge in [-0.15, -0.1) is 11.3 Å². The van der Waals surface area contributed by atoms with E-state index in [0.717, 1.165) is 43.4 Å². The number of carbonyl (C=O) groups is 1. The molecule has 0 aromatic carbocycles. The number of nitrogens with zero attached hydrogens (tertiary/aromatic N) is 3. The number of carbonyl (C=O) groups excluding carboxylic acids is 1. The molecule has 2 amide bonds. The van der Waals surface area contributed by atoms with Crippen LogP contribution >= 0.6 is 11.3 Å². The number of hydrogen-bond acceptors (Lipinski definition) is 5. The fourth-order valence-electron chi connectivity index (χ4n) is 2.59. The molecule has 0 saturated carbocycles. The molecule has 0 unspecified atom stereocenters. The number of piperazine rings is 1. The van der Waals surface area contributed by atoms with E-state index in [-0.39, 0.29) is 6.03 Å². The van der Waals surface area contributed by atoms with E-state index in [1.165, 1.54) is 0 Å². The zero-order valence-electron chi connectivity index (χ0n) is 13.8. The Balaban J connectivity index is 1.63. The largest absolute Gasteiger partial charge is 0.337 e. The molecule has 1 aliphatic rings. The lowest BCUT2D eigenvalue weighted by Gasteiger charge is -2.37. The second kappa shape index (κ2) is 8.45. The van der Waals surface area contributed by atoms with Gasteiger partial charge in [0.1, 0.15) is 5.01 Å². The Morgan fingerprint density at radius 2 is 2.09 bits per heavy atom. The molecule has 124 valence electrons. The molecule has 6 nitrogen and oxygen atoms in total. The van der Waals surface area contributed by atoms with Crippen LogP contribution in [0.15, 0.2) is 5.38 Å². The number of aryl methyl sites for hydroxylation is 1. The van der Waals surface area contributed by atoms with E-state index in [4.69, 9.17) is 0 Å². The zero-order chi connectivity index (χ0) is 15.9. The SMILES string of the molecule is CCN1CCN([C@@H](C)CNC(=O)NCc2nc(C)cs2)CC1. The summed E-state index contributed by atoms with van der Waals surface area (Å²) in [6, 6.07) is 0.249. The summed E-state index contributed by atoms with van der Waals surface area (Å²) in [6.45, 7) is 13.0. The number of hydrogen-bond donors (Lipinski definition) is 2. The van der Waals surface area contributed by atoms with Gasteiger partial charge in [0.2, 0.25) is 0 Å². The zero-order valence-corrected chi connectivity index (χ0v) is 14.6. The van der Waals surface area contributed by atoms with Crippen LogP contribution in [0.2, 0.25) is 0 Å². The number of aromatic nitrogens is 1. The van der Waals surface area contributed by atoms with Crippen LogP contribution in [0.25, 0.3) is 0 Å². The summed E-state index contributed by atoms with van der Waals surface area (Å²) < 4.78 is 0. The van der Waals surface area contributed by atoms with Crippen molar-refractivity contribution in [3.05, 3.63) is 16.1 Å². The van der Waals surface area contributed by atoms with Crippen molar-refractivity contribution in [1.82, 2.24) is 25.4 Å². The summed E-state index contributed by atoms with van der Waals surface area (Å²) in [5.41, 5.74) is 1.00. The van der Waals surface area contributed by atoms with Crippen molar-refractivity contribution in [1.29, 1.82) is 0 Å². The number of nitrogens with one attached hydrogen (secondary N) is 2. The normalized spacial score (nSPS) is 18.1. The molecule has 1 aromatic heterocycles. The smallest absolute Gasteiger partial charge is 0.315 e. The molecular formula is C15H27N5OS. The van der Waals surface area contributed by atoms with E-state index in [1.807, 2.05) is 12.3 Å². The van der Waals surface area contributed by atoms with E-state index in [9.17, 15) is 4.79 Å². The lowest BCUT2D eigenvalue weighted by molar-refractivity contribution is 0.106. The maximum Gasteiger partial charge on any atom is 0.315 e. The van der Waals surface area contributed by atoms with Gasteiger partial charge in [0, 0.05) is 49.8 Å². The van der Waals surface area contributed by atoms with E-state index in [1.54, 1.807) is 11.3 Å².